The molecule has 134 valence electrons. The van der Waals surface area contributed by atoms with Crippen LogP contribution in [0.5, 0.6) is 0 Å². The molecule has 0 aliphatic carbocycles. The predicted octanol–water partition coefficient (Wildman–Crippen LogP) is 2.06. The molecular formula is C18H24N4O2S. The highest BCUT2D eigenvalue weighted by atomic mass is 32.1. The SMILES string of the molecule is Cc1c(C(=O)N2CCC(N)CC2)sc2nc3n(c(=O)c12)CCCCC3. The molecule has 4 rings (SSSR count). The van der Waals surface area contributed by atoms with E-state index in [1.165, 1.54) is 11.3 Å². The minimum Gasteiger partial charge on any atom is -0.338 e. The number of hydrogen-bond acceptors (Lipinski definition) is 5. The lowest BCUT2D eigenvalue weighted by molar-refractivity contribution is 0.0719. The molecule has 0 unspecified atom stereocenters. The molecule has 7 heteroatoms. The molecule has 2 aromatic rings. The van der Waals surface area contributed by atoms with Gasteiger partial charge >= 0.3 is 0 Å². The topological polar surface area (TPSA) is 81.2 Å². The van der Waals surface area contributed by atoms with Gasteiger partial charge < -0.3 is 10.6 Å². The van der Waals surface area contributed by atoms with Gasteiger partial charge in [0, 0.05) is 32.1 Å². The van der Waals surface area contributed by atoms with Crippen LogP contribution in [0.1, 0.15) is 53.2 Å². The summed E-state index contributed by atoms with van der Waals surface area (Å²) in [5.41, 5.74) is 6.75. The number of aromatic nitrogens is 2. The van der Waals surface area contributed by atoms with Gasteiger partial charge in [-0.05, 0) is 38.2 Å². The average Bonchev–Trinajstić information content (AvgIpc) is 2.78. The number of fused-ring (bicyclic) bond motifs is 2. The molecule has 1 saturated heterocycles. The second-order valence-corrected chi connectivity index (χ2v) is 8.16. The van der Waals surface area contributed by atoms with E-state index >= 15 is 0 Å². The molecule has 0 atom stereocenters. The number of amides is 1. The van der Waals surface area contributed by atoms with Crippen LogP contribution in [0.25, 0.3) is 10.2 Å². The van der Waals surface area contributed by atoms with Crippen molar-refractivity contribution in [3.8, 4) is 0 Å². The van der Waals surface area contributed by atoms with Crippen LogP contribution in [0.15, 0.2) is 4.79 Å². The van der Waals surface area contributed by atoms with Gasteiger partial charge in [-0.3, -0.25) is 14.2 Å². The first kappa shape index (κ1) is 16.7. The summed E-state index contributed by atoms with van der Waals surface area (Å²) in [6, 6.07) is 0.189. The fourth-order valence-electron chi connectivity index (χ4n) is 3.86. The molecule has 1 amide bonds. The molecule has 0 aromatic carbocycles. The van der Waals surface area contributed by atoms with Gasteiger partial charge in [-0.2, -0.15) is 0 Å². The molecule has 0 spiro atoms. The third-order valence-corrected chi connectivity index (χ3v) is 6.61. The van der Waals surface area contributed by atoms with Gasteiger partial charge in [0.25, 0.3) is 11.5 Å². The number of carbonyl (C=O) groups is 1. The van der Waals surface area contributed by atoms with Gasteiger partial charge in [0.15, 0.2) is 0 Å². The van der Waals surface area contributed by atoms with Crippen LogP contribution in [0.4, 0.5) is 0 Å². The number of carbonyl (C=O) groups excluding carboxylic acids is 1. The molecule has 2 aromatic heterocycles. The molecule has 0 bridgehead atoms. The van der Waals surface area contributed by atoms with Crippen LogP contribution >= 0.6 is 11.3 Å². The van der Waals surface area contributed by atoms with Gasteiger partial charge in [0.2, 0.25) is 0 Å². The van der Waals surface area contributed by atoms with Crippen LogP contribution < -0.4 is 11.3 Å². The van der Waals surface area contributed by atoms with Gasteiger partial charge in [0.05, 0.1) is 10.3 Å². The first-order chi connectivity index (χ1) is 12.1. The van der Waals surface area contributed by atoms with Crippen molar-refractivity contribution in [2.24, 2.45) is 5.73 Å². The zero-order valence-electron chi connectivity index (χ0n) is 14.6. The molecule has 4 heterocycles. The zero-order valence-corrected chi connectivity index (χ0v) is 15.4. The van der Waals surface area contributed by atoms with Gasteiger partial charge in [0.1, 0.15) is 10.7 Å². The molecule has 0 saturated carbocycles. The largest absolute Gasteiger partial charge is 0.338 e. The number of rotatable bonds is 1. The van der Waals surface area contributed by atoms with E-state index in [0.29, 0.717) is 28.2 Å². The number of nitrogens with zero attached hydrogens (tertiary/aromatic N) is 3. The fourth-order valence-corrected chi connectivity index (χ4v) is 5.02. The van der Waals surface area contributed by atoms with E-state index < -0.39 is 0 Å². The highest BCUT2D eigenvalue weighted by molar-refractivity contribution is 7.20. The number of piperidine rings is 1. The highest BCUT2D eigenvalue weighted by Gasteiger charge is 2.27. The van der Waals surface area contributed by atoms with Gasteiger partial charge in [-0.1, -0.05) is 6.42 Å². The lowest BCUT2D eigenvalue weighted by Gasteiger charge is -2.30. The predicted molar refractivity (Wildman–Crippen MR) is 99.3 cm³/mol. The number of thiophene rings is 1. The van der Waals surface area contributed by atoms with Crippen molar-refractivity contribution in [2.45, 2.75) is 58.0 Å². The standard InChI is InChI=1S/C18H24N4O2S/c1-11-14-16(20-13-5-3-2-4-8-22(13)17(14)23)25-15(11)18(24)21-9-6-12(19)7-10-21/h12H,2-10,19H2,1H3. The first-order valence-electron chi connectivity index (χ1n) is 9.14. The van der Waals surface area contributed by atoms with Gasteiger partial charge in [-0.15, -0.1) is 11.3 Å². The highest BCUT2D eigenvalue weighted by Crippen LogP contribution is 2.30. The Morgan fingerprint density at radius 2 is 1.96 bits per heavy atom. The third kappa shape index (κ3) is 2.89. The Balaban J connectivity index is 1.76. The van der Waals surface area contributed by atoms with Crippen molar-refractivity contribution in [3.63, 3.8) is 0 Å². The Bertz CT molecular complexity index is 877. The summed E-state index contributed by atoms with van der Waals surface area (Å²) >= 11 is 1.37. The van der Waals surface area contributed by atoms with Crippen molar-refractivity contribution in [1.29, 1.82) is 0 Å². The summed E-state index contributed by atoms with van der Waals surface area (Å²) in [5, 5.41) is 0.632. The molecule has 2 aliphatic rings. The summed E-state index contributed by atoms with van der Waals surface area (Å²) in [5.74, 6) is 0.895. The number of likely N-dealkylation sites (tertiary alicyclic amines) is 1. The number of aryl methyl sites for hydroxylation is 2. The van der Waals surface area contributed by atoms with E-state index in [-0.39, 0.29) is 17.5 Å². The monoisotopic (exact) mass is 360 g/mol. The summed E-state index contributed by atoms with van der Waals surface area (Å²) in [6.45, 7) is 4.00. The Hall–Kier alpha value is -1.73. The van der Waals surface area contributed by atoms with Crippen molar-refractivity contribution < 1.29 is 4.79 Å². The van der Waals surface area contributed by atoms with E-state index in [0.717, 1.165) is 56.5 Å². The van der Waals surface area contributed by atoms with Crippen molar-refractivity contribution in [3.05, 3.63) is 26.6 Å². The van der Waals surface area contributed by atoms with E-state index in [2.05, 4.69) is 0 Å². The lowest BCUT2D eigenvalue weighted by Crippen LogP contribution is -2.42. The smallest absolute Gasteiger partial charge is 0.264 e. The van der Waals surface area contributed by atoms with Crippen LogP contribution in [0, 0.1) is 6.92 Å². The second-order valence-electron chi connectivity index (χ2n) is 7.16. The average molecular weight is 360 g/mol. The van der Waals surface area contributed by atoms with Crippen LogP contribution in [-0.2, 0) is 13.0 Å². The van der Waals surface area contributed by atoms with E-state index in [1.54, 1.807) is 0 Å². The van der Waals surface area contributed by atoms with Crippen molar-refractivity contribution in [2.75, 3.05) is 13.1 Å². The van der Waals surface area contributed by atoms with E-state index in [1.807, 2.05) is 16.4 Å². The van der Waals surface area contributed by atoms with Crippen LogP contribution in [-0.4, -0.2) is 39.5 Å². The number of hydrogen-bond donors (Lipinski definition) is 1. The third-order valence-electron chi connectivity index (χ3n) is 5.43. The molecule has 1 fully saturated rings. The molecule has 0 radical (unpaired) electrons. The Labute approximate surface area is 150 Å². The maximum Gasteiger partial charge on any atom is 0.264 e. The molecule has 2 N–H and O–H groups in total. The van der Waals surface area contributed by atoms with E-state index in [9.17, 15) is 9.59 Å². The minimum atomic E-state index is 0.0204. The normalized spacial score (nSPS) is 19.0. The van der Waals surface area contributed by atoms with Gasteiger partial charge in [-0.25, -0.2) is 4.98 Å². The summed E-state index contributed by atoms with van der Waals surface area (Å²) < 4.78 is 1.82. The second kappa shape index (κ2) is 6.53. The molecule has 2 aliphatic heterocycles. The van der Waals surface area contributed by atoms with E-state index in [4.69, 9.17) is 10.7 Å². The van der Waals surface area contributed by atoms with Crippen molar-refractivity contribution >= 4 is 27.5 Å². The summed E-state index contributed by atoms with van der Waals surface area (Å²) in [6.07, 6.45) is 5.74. The van der Waals surface area contributed by atoms with Crippen LogP contribution in [0.2, 0.25) is 0 Å². The molecular weight excluding hydrogens is 336 g/mol. The molecule has 6 nitrogen and oxygen atoms in total. The first-order valence-corrected chi connectivity index (χ1v) is 9.95. The Morgan fingerprint density at radius 3 is 2.72 bits per heavy atom. The van der Waals surface area contributed by atoms with Crippen LogP contribution in [0.3, 0.4) is 0 Å². The Kier molecular flexibility index (Phi) is 4.37. The quantitative estimate of drug-likeness (QED) is 0.844. The zero-order chi connectivity index (χ0) is 17.6. The lowest BCUT2D eigenvalue weighted by atomic mass is 10.1. The maximum atomic E-state index is 13.0. The summed E-state index contributed by atoms with van der Waals surface area (Å²) in [4.78, 5) is 33.9. The maximum absolute atomic E-state index is 13.0. The Morgan fingerprint density at radius 1 is 1.20 bits per heavy atom. The van der Waals surface area contributed by atoms with Crippen molar-refractivity contribution in [1.82, 2.24) is 14.5 Å². The minimum absolute atomic E-state index is 0.0204. The summed E-state index contributed by atoms with van der Waals surface area (Å²) in [7, 11) is 0. The molecule has 25 heavy (non-hydrogen) atoms. The fraction of sp³-hybridized carbons (Fsp3) is 0.611. The number of nitrogens with two attached hydrogens (primary N) is 1.